The molecule has 0 atom stereocenters. The normalized spacial score (nSPS) is 43.0. The molecule has 0 aromatic heterocycles. The van der Waals surface area contributed by atoms with Crippen molar-refractivity contribution in [3.63, 3.8) is 0 Å². The SMILES string of the molecule is CCC1(F)CCC(C)(NC)CC1. The summed E-state index contributed by atoms with van der Waals surface area (Å²) in [6, 6.07) is 0. The van der Waals surface area contributed by atoms with Crippen LogP contribution in [0.5, 0.6) is 0 Å². The minimum Gasteiger partial charge on any atom is -0.315 e. The summed E-state index contributed by atoms with van der Waals surface area (Å²) in [5.74, 6) is 0. The van der Waals surface area contributed by atoms with Crippen molar-refractivity contribution >= 4 is 0 Å². The van der Waals surface area contributed by atoms with Crippen LogP contribution in [0.15, 0.2) is 0 Å². The van der Waals surface area contributed by atoms with Crippen LogP contribution in [0.2, 0.25) is 0 Å². The van der Waals surface area contributed by atoms with E-state index in [-0.39, 0.29) is 5.54 Å². The first-order chi connectivity index (χ1) is 5.54. The fourth-order valence-electron chi connectivity index (χ4n) is 1.85. The topological polar surface area (TPSA) is 12.0 Å². The molecule has 0 amide bonds. The zero-order valence-electron chi connectivity index (χ0n) is 8.41. The van der Waals surface area contributed by atoms with E-state index in [1.54, 1.807) is 0 Å². The molecule has 1 aliphatic rings. The molecule has 0 aromatic rings. The van der Waals surface area contributed by atoms with Gasteiger partial charge in [0.1, 0.15) is 5.67 Å². The third kappa shape index (κ3) is 1.98. The predicted octanol–water partition coefficient (Wildman–Crippen LogP) is 2.66. The number of hydrogen-bond donors (Lipinski definition) is 1. The molecule has 0 bridgehead atoms. The molecular formula is C10H20FN. The number of alkyl halides is 1. The predicted molar refractivity (Wildman–Crippen MR) is 50.1 cm³/mol. The second kappa shape index (κ2) is 3.33. The molecule has 1 rings (SSSR count). The largest absolute Gasteiger partial charge is 0.315 e. The molecule has 0 heterocycles. The lowest BCUT2D eigenvalue weighted by atomic mass is 9.75. The van der Waals surface area contributed by atoms with Crippen molar-refractivity contribution in [3.8, 4) is 0 Å². The zero-order valence-corrected chi connectivity index (χ0v) is 8.41. The Morgan fingerprint density at radius 1 is 1.25 bits per heavy atom. The van der Waals surface area contributed by atoms with E-state index in [4.69, 9.17) is 0 Å². The summed E-state index contributed by atoms with van der Waals surface area (Å²) in [5, 5.41) is 3.28. The van der Waals surface area contributed by atoms with Crippen LogP contribution in [-0.2, 0) is 0 Å². The molecule has 72 valence electrons. The molecule has 0 unspecified atom stereocenters. The molecule has 1 aliphatic carbocycles. The molecule has 1 N–H and O–H groups in total. The van der Waals surface area contributed by atoms with Gasteiger partial charge >= 0.3 is 0 Å². The van der Waals surface area contributed by atoms with Gasteiger partial charge in [0.25, 0.3) is 0 Å². The highest BCUT2D eigenvalue weighted by atomic mass is 19.1. The molecule has 1 fully saturated rings. The van der Waals surface area contributed by atoms with Crippen LogP contribution in [0.3, 0.4) is 0 Å². The Bertz CT molecular complexity index is 130. The third-order valence-electron chi connectivity index (χ3n) is 3.49. The lowest BCUT2D eigenvalue weighted by Crippen LogP contribution is -2.46. The van der Waals surface area contributed by atoms with E-state index < -0.39 is 5.67 Å². The molecular weight excluding hydrogens is 153 g/mol. The van der Waals surface area contributed by atoms with E-state index in [0.717, 1.165) is 25.7 Å². The highest BCUT2D eigenvalue weighted by Gasteiger charge is 2.38. The summed E-state index contributed by atoms with van der Waals surface area (Å²) in [6.45, 7) is 4.13. The van der Waals surface area contributed by atoms with E-state index in [2.05, 4.69) is 12.2 Å². The van der Waals surface area contributed by atoms with Crippen LogP contribution >= 0.6 is 0 Å². The summed E-state index contributed by atoms with van der Waals surface area (Å²) in [7, 11) is 1.97. The van der Waals surface area contributed by atoms with E-state index in [9.17, 15) is 4.39 Å². The van der Waals surface area contributed by atoms with Crippen molar-refractivity contribution in [2.75, 3.05) is 7.05 Å². The summed E-state index contributed by atoms with van der Waals surface area (Å²) in [5.41, 5.74) is -0.679. The highest BCUT2D eigenvalue weighted by molar-refractivity contribution is 4.94. The van der Waals surface area contributed by atoms with Gasteiger partial charge in [0.05, 0.1) is 0 Å². The number of halogens is 1. The van der Waals surface area contributed by atoms with Crippen molar-refractivity contribution in [1.82, 2.24) is 5.32 Å². The third-order valence-corrected chi connectivity index (χ3v) is 3.49. The van der Waals surface area contributed by atoms with Gasteiger partial charge in [-0.2, -0.15) is 0 Å². The van der Waals surface area contributed by atoms with Gasteiger partial charge in [-0.15, -0.1) is 0 Å². The minimum absolute atomic E-state index is 0.185. The van der Waals surface area contributed by atoms with Crippen LogP contribution in [0, 0.1) is 0 Å². The van der Waals surface area contributed by atoms with Crippen molar-refractivity contribution in [2.24, 2.45) is 0 Å². The molecule has 0 spiro atoms. The Balaban J connectivity index is 2.49. The van der Waals surface area contributed by atoms with Gasteiger partial charge in [0.2, 0.25) is 0 Å². The van der Waals surface area contributed by atoms with Gasteiger partial charge in [-0.05, 0) is 46.1 Å². The average Bonchev–Trinajstić information content (AvgIpc) is 2.11. The second-order valence-electron chi connectivity index (χ2n) is 4.32. The lowest BCUT2D eigenvalue weighted by molar-refractivity contribution is 0.0642. The zero-order chi connectivity index (χ0) is 9.24. The number of hydrogen-bond acceptors (Lipinski definition) is 1. The van der Waals surface area contributed by atoms with Gasteiger partial charge in [-0.3, -0.25) is 0 Å². The first-order valence-electron chi connectivity index (χ1n) is 4.91. The molecule has 1 nitrogen and oxygen atoms in total. The molecule has 0 radical (unpaired) electrons. The van der Waals surface area contributed by atoms with Gasteiger partial charge in [0, 0.05) is 5.54 Å². The van der Waals surface area contributed by atoms with Crippen LogP contribution in [-0.4, -0.2) is 18.3 Å². The Labute approximate surface area is 74.7 Å². The average molecular weight is 173 g/mol. The van der Waals surface area contributed by atoms with E-state index >= 15 is 0 Å². The smallest absolute Gasteiger partial charge is 0.111 e. The Morgan fingerprint density at radius 2 is 1.75 bits per heavy atom. The fourth-order valence-corrected chi connectivity index (χ4v) is 1.85. The van der Waals surface area contributed by atoms with Crippen LogP contribution < -0.4 is 5.32 Å². The van der Waals surface area contributed by atoms with Crippen LogP contribution in [0.4, 0.5) is 4.39 Å². The second-order valence-corrected chi connectivity index (χ2v) is 4.32. The van der Waals surface area contributed by atoms with Crippen molar-refractivity contribution in [1.29, 1.82) is 0 Å². The van der Waals surface area contributed by atoms with E-state index in [1.807, 2.05) is 14.0 Å². The summed E-state index contributed by atoms with van der Waals surface area (Å²) in [6.07, 6.45) is 4.05. The highest BCUT2D eigenvalue weighted by Crippen LogP contribution is 2.38. The molecule has 1 saturated carbocycles. The molecule has 0 aliphatic heterocycles. The Kier molecular flexibility index (Phi) is 2.77. The van der Waals surface area contributed by atoms with Crippen LogP contribution in [0.25, 0.3) is 0 Å². The Hall–Kier alpha value is -0.110. The van der Waals surface area contributed by atoms with Gasteiger partial charge in [0.15, 0.2) is 0 Å². The summed E-state index contributed by atoms with van der Waals surface area (Å²) in [4.78, 5) is 0. The van der Waals surface area contributed by atoms with E-state index in [0.29, 0.717) is 6.42 Å². The standard InChI is InChI=1S/C10H20FN/c1-4-10(11)7-5-9(2,12-3)6-8-10/h12H,4-8H2,1-3H3. The monoisotopic (exact) mass is 173 g/mol. The van der Waals surface area contributed by atoms with Crippen LogP contribution in [0.1, 0.15) is 46.0 Å². The maximum atomic E-state index is 13.8. The van der Waals surface area contributed by atoms with Gasteiger partial charge in [-0.1, -0.05) is 6.92 Å². The molecule has 12 heavy (non-hydrogen) atoms. The fraction of sp³-hybridized carbons (Fsp3) is 1.00. The van der Waals surface area contributed by atoms with Crippen molar-refractivity contribution in [2.45, 2.75) is 57.2 Å². The van der Waals surface area contributed by atoms with Gasteiger partial charge in [-0.25, -0.2) is 4.39 Å². The molecule has 0 aromatic carbocycles. The minimum atomic E-state index is -0.865. The number of nitrogens with one attached hydrogen (secondary N) is 1. The molecule has 2 heteroatoms. The maximum absolute atomic E-state index is 13.8. The van der Waals surface area contributed by atoms with Gasteiger partial charge < -0.3 is 5.32 Å². The first kappa shape index (κ1) is 9.97. The summed E-state index contributed by atoms with van der Waals surface area (Å²) >= 11 is 0. The first-order valence-corrected chi connectivity index (χ1v) is 4.91. The molecule has 0 saturated heterocycles. The lowest BCUT2D eigenvalue weighted by Gasteiger charge is -2.40. The quantitative estimate of drug-likeness (QED) is 0.677. The van der Waals surface area contributed by atoms with Crippen molar-refractivity contribution < 1.29 is 4.39 Å². The Morgan fingerprint density at radius 3 is 2.08 bits per heavy atom. The van der Waals surface area contributed by atoms with Crippen molar-refractivity contribution in [3.05, 3.63) is 0 Å². The summed E-state index contributed by atoms with van der Waals surface area (Å²) < 4.78 is 13.8. The number of rotatable bonds is 2. The maximum Gasteiger partial charge on any atom is 0.111 e. The van der Waals surface area contributed by atoms with E-state index in [1.165, 1.54) is 0 Å².